The van der Waals surface area contributed by atoms with Gasteiger partial charge in [0.2, 0.25) is 5.69 Å². The number of para-hydroxylation sites is 1. The number of aryl methyl sites for hydroxylation is 3. The van der Waals surface area contributed by atoms with Crippen LogP contribution in [0.3, 0.4) is 0 Å². The quantitative estimate of drug-likeness (QED) is 0.167. The number of hydrogen-bond acceptors (Lipinski definition) is 1. The Morgan fingerprint density at radius 2 is 1.30 bits per heavy atom. The highest BCUT2D eigenvalue weighted by atomic mass is 15.0. The van der Waals surface area contributed by atoms with Crippen molar-refractivity contribution in [2.24, 2.45) is 7.05 Å². The maximum Gasteiger partial charge on any atom is 0.220 e. The van der Waals surface area contributed by atoms with E-state index < -0.39 is 0 Å². The average Bonchev–Trinajstić information content (AvgIpc) is 3.33. The van der Waals surface area contributed by atoms with Gasteiger partial charge in [0.1, 0.15) is 12.7 Å². The molecule has 5 aromatic carbocycles. The third-order valence-electron chi connectivity index (χ3n) is 8.60. The predicted molar refractivity (Wildman–Crippen MR) is 167 cm³/mol. The lowest BCUT2D eigenvalue weighted by atomic mass is 9.91. The van der Waals surface area contributed by atoms with Crippen LogP contribution in [0.15, 0.2) is 116 Å². The minimum atomic E-state index is 0.985. The zero-order chi connectivity index (χ0) is 27.0. The summed E-state index contributed by atoms with van der Waals surface area (Å²) in [5, 5.41) is 10.0. The Kier molecular flexibility index (Phi) is 4.86. The molecule has 8 aromatic rings. The molecule has 40 heavy (non-hydrogen) atoms. The van der Waals surface area contributed by atoms with Crippen molar-refractivity contribution in [1.82, 2.24) is 9.55 Å². The molecule has 0 N–H and O–H groups in total. The number of fused-ring (bicyclic) bond motifs is 7. The molecule has 3 heteroatoms. The molecule has 0 aliphatic heterocycles. The van der Waals surface area contributed by atoms with Crippen molar-refractivity contribution in [3.63, 3.8) is 0 Å². The van der Waals surface area contributed by atoms with E-state index >= 15 is 0 Å². The molecule has 0 spiro atoms. The molecule has 3 heterocycles. The van der Waals surface area contributed by atoms with Gasteiger partial charge >= 0.3 is 0 Å². The topological polar surface area (TPSA) is 21.7 Å². The second-order valence-corrected chi connectivity index (χ2v) is 10.8. The fourth-order valence-electron chi connectivity index (χ4n) is 6.72. The van der Waals surface area contributed by atoms with Crippen molar-refractivity contribution in [1.29, 1.82) is 0 Å². The van der Waals surface area contributed by atoms with E-state index in [0.717, 1.165) is 11.3 Å². The fourth-order valence-corrected chi connectivity index (χ4v) is 6.72. The van der Waals surface area contributed by atoms with Crippen molar-refractivity contribution in [3.8, 4) is 16.9 Å². The van der Waals surface area contributed by atoms with Gasteiger partial charge in [0, 0.05) is 33.8 Å². The Morgan fingerprint density at radius 1 is 0.600 bits per heavy atom. The molecule has 0 atom stereocenters. The third-order valence-corrected chi connectivity index (χ3v) is 8.60. The summed E-state index contributed by atoms with van der Waals surface area (Å²) in [6, 6.07) is 37.4. The average molecular weight is 515 g/mol. The first-order chi connectivity index (χ1) is 19.6. The Hall–Kier alpha value is -5.02. The summed E-state index contributed by atoms with van der Waals surface area (Å²) < 4.78 is 4.59. The molecule has 0 bridgehead atoms. The van der Waals surface area contributed by atoms with Crippen LogP contribution < -0.4 is 4.57 Å². The van der Waals surface area contributed by atoms with Gasteiger partial charge in [-0.3, -0.25) is 4.57 Å². The Bertz CT molecular complexity index is 2250. The Labute approximate surface area is 232 Å². The van der Waals surface area contributed by atoms with Crippen LogP contribution in [0.2, 0.25) is 0 Å². The van der Waals surface area contributed by atoms with E-state index in [1.165, 1.54) is 71.0 Å². The van der Waals surface area contributed by atoms with Gasteiger partial charge in [-0.2, -0.15) is 0 Å². The molecule has 0 saturated carbocycles. The van der Waals surface area contributed by atoms with Gasteiger partial charge in [0.05, 0.1) is 22.2 Å². The van der Waals surface area contributed by atoms with E-state index in [2.05, 4.69) is 133 Å². The van der Waals surface area contributed by atoms with Gasteiger partial charge in [0.15, 0.2) is 6.20 Å². The highest BCUT2D eigenvalue weighted by molar-refractivity contribution is 6.15. The summed E-state index contributed by atoms with van der Waals surface area (Å²) in [6.07, 6.45) is 4.09. The highest BCUT2D eigenvalue weighted by Gasteiger charge is 2.21. The molecule has 0 aliphatic carbocycles. The van der Waals surface area contributed by atoms with Crippen molar-refractivity contribution >= 4 is 54.3 Å². The highest BCUT2D eigenvalue weighted by Crippen LogP contribution is 2.39. The van der Waals surface area contributed by atoms with Crippen molar-refractivity contribution in [3.05, 3.63) is 127 Å². The number of nitrogens with zero attached hydrogens (tertiary/aromatic N) is 3. The minimum absolute atomic E-state index is 0.985. The lowest BCUT2D eigenvalue weighted by molar-refractivity contribution is -0.659. The van der Waals surface area contributed by atoms with E-state index in [9.17, 15) is 0 Å². The van der Waals surface area contributed by atoms with Crippen molar-refractivity contribution < 1.29 is 4.57 Å². The first-order valence-corrected chi connectivity index (χ1v) is 13.8. The van der Waals surface area contributed by atoms with Gasteiger partial charge in [-0.1, -0.05) is 60.7 Å². The first kappa shape index (κ1) is 22.9. The molecular weight excluding hydrogens is 486 g/mol. The van der Waals surface area contributed by atoms with Gasteiger partial charge in [-0.05, 0) is 77.5 Å². The van der Waals surface area contributed by atoms with E-state index in [4.69, 9.17) is 4.98 Å². The van der Waals surface area contributed by atoms with Crippen LogP contribution in [0, 0.1) is 13.8 Å². The second kappa shape index (κ2) is 8.49. The second-order valence-electron chi connectivity index (χ2n) is 10.8. The van der Waals surface area contributed by atoms with Gasteiger partial charge in [-0.15, -0.1) is 0 Å². The molecule has 0 fully saturated rings. The SMILES string of the molecule is Cc1cc(-c2c3ccc4c(-n5c6ccccc6c6cccnc65)cccc4c3cc[n+]2C)c(C)c2ccccc12. The first-order valence-electron chi connectivity index (χ1n) is 13.8. The maximum absolute atomic E-state index is 4.83. The zero-order valence-electron chi connectivity index (χ0n) is 22.8. The van der Waals surface area contributed by atoms with Crippen LogP contribution in [0.1, 0.15) is 11.1 Å². The summed E-state index contributed by atoms with van der Waals surface area (Å²) in [5.74, 6) is 0. The van der Waals surface area contributed by atoms with E-state index in [0.29, 0.717) is 0 Å². The molecule has 0 saturated heterocycles. The maximum atomic E-state index is 4.83. The standard InChI is InChI=1S/C37H28N3/c1-23-22-33(24(2)26-11-5-4-10-25(23)26)36-31-18-17-30-27(28(31)19-21-39(36)3)13-8-16-35(30)40-34-15-7-6-12-29(34)32-14-9-20-38-37(32)40/h4-22H,1-3H3/q+1. The largest absolute Gasteiger partial charge is 0.293 e. The monoisotopic (exact) mass is 514 g/mol. The molecule has 3 aromatic heterocycles. The van der Waals surface area contributed by atoms with E-state index in [1.807, 2.05) is 12.3 Å². The number of aromatic nitrogens is 3. The van der Waals surface area contributed by atoms with Gasteiger partial charge in [-0.25, -0.2) is 9.55 Å². The number of pyridine rings is 2. The summed E-state index contributed by atoms with van der Waals surface area (Å²) in [6.45, 7) is 4.47. The number of rotatable bonds is 2. The van der Waals surface area contributed by atoms with Crippen LogP contribution in [-0.2, 0) is 7.05 Å². The molecule has 0 unspecified atom stereocenters. The van der Waals surface area contributed by atoms with Crippen LogP contribution in [0.5, 0.6) is 0 Å². The van der Waals surface area contributed by atoms with Crippen LogP contribution >= 0.6 is 0 Å². The molecule has 8 rings (SSSR count). The Balaban J connectivity index is 1.45. The van der Waals surface area contributed by atoms with Crippen LogP contribution in [-0.4, -0.2) is 9.55 Å². The lowest BCUT2D eigenvalue weighted by Gasteiger charge is -2.15. The van der Waals surface area contributed by atoms with Crippen LogP contribution in [0.25, 0.3) is 71.2 Å². The summed E-state index contributed by atoms with van der Waals surface area (Å²) in [5.41, 5.74) is 8.45. The molecule has 0 amide bonds. The van der Waals surface area contributed by atoms with Crippen LogP contribution in [0.4, 0.5) is 0 Å². The molecule has 0 radical (unpaired) electrons. The summed E-state index contributed by atoms with van der Waals surface area (Å²) >= 11 is 0. The molecular formula is C37H28N3+. The lowest BCUT2D eigenvalue weighted by Crippen LogP contribution is -2.30. The van der Waals surface area contributed by atoms with E-state index in [-0.39, 0.29) is 0 Å². The predicted octanol–water partition coefficient (Wildman–Crippen LogP) is 8.75. The van der Waals surface area contributed by atoms with Crippen molar-refractivity contribution in [2.75, 3.05) is 0 Å². The molecule has 3 nitrogen and oxygen atoms in total. The third kappa shape index (κ3) is 3.12. The Morgan fingerprint density at radius 3 is 2.17 bits per heavy atom. The summed E-state index contributed by atoms with van der Waals surface area (Å²) in [7, 11) is 2.16. The van der Waals surface area contributed by atoms with Crippen molar-refractivity contribution in [2.45, 2.75) is 13.8 Å². The summed E-state index contributed by atoms with van der Waals surface area (Å²) in [4.78, 5) is 4.83. The fraction of sp³-hybridized carbons (Fsp3) is 0.0811. The smallest absolute Gasteiger partial charge is 0.220 e. The minimum Gasteiger partial charge on any atom is -0.293 e. The zero-order valence-corrected chi connectivity index (χ0v) is 22.8. The van der Waals surface area contributed by atoms with Gasteiger partial charge in [0.25, 0.3) is 0 Å². The normalized spacial score (nSPS) is 11.9. The molecule has 190 valence electrons. The van der Waals surface area contributed by atoms with E-state index in [1.54, 1.807) is 0 Å². The number of benzene rings is 5. The van der Waals surface area contributed by atoms with Gasteiger partial charge < -0.3 is 0 Å². The molecule has 0 aliphatic rings. The number of hydrogen-bond donors (Lipinski definition) is 0.